The quantitative estimate of drug-likeness (QED) is 0.826. The van der Waals surface area contributed by atoms with Gasteiger partial charge in [-0.3, -0.25) is 9.48 Å². The molecule has 7 nitrogen and oxygen atoms in total. The third kappa shape index (κ3) is 2.57. The highest BCUT2D eigenvalue weighted by Crippen LogP contribution is 2.23. The lowest BCUT2D eigenvalue weighted by Crippen LogP contribution is -2.37. The molecule has 1 saturated heterocycles. The number of amides is 1. The average molecular weight is 304 g/mol. The SMILES string of the molecule is Cc1cc(C(=O)N2CCOC[C@@H](O)C2)c2c(C)nn(C)c2n1. The van der Waals surface area contributed by atoms with E-state index < -0.39 is 6.10 Å². The highest BCUT2D eigenvalue weighted by atomic mass is 16.5. The molecule has 118 valence electrons. The molecular weight excluding hydrogens is 284 g/mol. The van der Waals surface area contributed by atoms with E-state index in [0.717, 1.165) is 16.8 Å². The van der Waals surface area contributed by atoms with E-state index in [0.29, 0.717) is 24.4 Å². The number of ether oxygens (including phenoxy) is 1. The minimum atomic E-state index is -0.653. The summed E-state index contributed by atoms with van der Waals surface area (Å²) in [5, 5.41) is 15.0. The normalized spacial score (nSPS) is 19.5. The zero-order chi connectivity index (χ0) is 15.9. The minimum Gasteiger partial charge on any atom is -0.389 e. The summed E-state index contributed by atoms with van der Waals surface area (Å²) in [5.41, 5.74) is 2.83. The van der Waals surface area contributed by atoms with Gasteiger partial charge in [-0.2, -0.15) is 5.10 Å². The molecular formula is C15H20N4O3. The lowest BCUT2D eigenvalue weighted by atomic mass is 10.1. The predicted molar refractivity (Wildman–Crippen MR) is 80.7 cm³/mol. The number of carbonyl (C=O) groups excluding carboxylic acids is 1. The summed E-state index contributed by atoms with van der Waals surface area (Å²) in [7, 11) is 1.82. The molecule has 0 spiro atoms. The standard InChI is InChI=1S/C15H20N4O3/c1-9-6-12(13-10(2)17-18(3)14(13)16-9)15(21)19-4-5-22-8-11(20)7-19/h6,11,20H,4-5,7-8H2,1-3H3/t11-/m0/s1. The van der Waals surface area contributed by atoms with E-state index in [4.69, 9.17) is 4.74 Å². The van der Waals surface area contributed by atoms with Crippen LogP contribution >= 0.6 is 0 Å². The number of fused-ring (bicyclic) bond motifs is 1. The van der Waals surface area contributed by atoms with E-state index in [9.17, 15) is 9.90 Å². The Labute approximate surface area is 128 Å². The lowest BCUT2D eigenvalue weighted by molar-refractivity contribution is 0.0534. The van der Waals surface area contributed by atoms with Crippen molar-refractivity contribution in [2.45, 2.75) is 20.0 Å². The number of aryl methyl sites for hydroxylation is 3. The zero-order valence-corrected chi connectivity index (χ0v) is 13.0. The third-order valence-electron chi connectivity index (χ3n) is 3.86. The summed E-state index contributed by atoms with van der Waals surface area (Å²) in [6.45, 7) is 5.18. The Morgan fingerprint density at radius 2 is 2.23 bits per heavy atom. The van der Waals surface area contributed by atoms with Gasteiger partial charge >= 0.3 is 0 Å². The first kappa shape index (κ1) is 14.9. The molecule has 22 heavy (non-hydrogen) atoms. The third-order valence-corrected chi connectivity index (χ3v) is 3.86. The first-order valence-corrected chi connectivity index (χ1v) is 7.33. The molecule has 0 unspecified atom stereocenters. The van der Waals surface area contributed by atoms with Gasteiger partial charge in [0.15, 0.2) is 5.65 Å². The van der Waals surface area contributed by atoms with E-state index in [1.165, 1.54) is 0 Å². The van der Waals surface area contributed by atoms with E-state index >= 15 is 0 Å². The number of nitrogens with zero attached hydrogens (tertiary/aromatic N) is 4. The Bertz CT molecular complexity index is 725. The highest BCUT2D eigenvalue weighted by Gasteiger charge is 2.25. The molecule has 3 rings (SSSR count). The number of aromatic nitrogens is 3. The Morgan fingerprint density at radius 1 is 1.45 bits per heavy atom. The lowest BCUT2D eigenvalue weighted by Gasteiger charge is -2.22. The van der Waals surface area contributed by atoms with Crippen molar-refractivity contribution < 1.29 is 14.6 Å². The molecule has 0 aliphatic carbocycles. The van der Waals surface area contributed by atoms with Gasteiger partial charge in [-0.15, -0.1) is 0 Å². The van der Waals surface area contributed by atoms with Gasteiger partial charge in [-0.25, -0.2) is 4.98 Å². The highest BCUT2D eigenvalue weighted by molar-refractivity contribution is 6.06. The molecule has 2 aromatic rings. The van der Waals surface area contributed by atoms with Crippen molar-refractivity contribution in [1.82, 2.24) is 19.7 Å². The first-order chi connectivity index (χ1) is 10.5. The first-order valence-electron chi connectivity index (χ1n) is 7.33. The molecule has 3 heterocycles. The summed E-state index contributed by atoms with van der Waals surface area (Å²) >= 11 is 0. The van der Waals surface area contributed by atoms with Crippen LogP contribution in [0.15, 0.2) is 6.07 Å². The largest absolute Gasteiger partial charge is 0.389 e. The molecule has 1 N–H and O–H groups in total. The van der Waals surface area contributed by atoms with Crippen molar-refractivity contribution in [3.8, 4) is 0 Å². The number of carbonyl (C=O) groups is 1. The second kappa shape index (κ2) is 5.66. The fourth-order valence-corrected chi connectivity index (χ4v) is 2.89. The van der Waals surface area contributed by atoms with Crippen LogP contribution in [0.25, 0.3) is 11.0 Å². The van der Waals surface area contributed by atoms with Crippen LogP contribution in [0, 0.1) is 13.8 Å². The van der Waals surface area contributed by atoms with Crippen molar-refractivity contribution in [3.05, 3.63) is 23.0 Å². The van der Waals surface area contributed by atoms with E-state index in [2.05, 4.69) is 10.1 Å². The van der Waals surface area contributed by atoms with E-state index in [1.54, 1.807) is 15.6 Å². The predicted octanol–water partition coefficient (Wildman–Crippen LogP) is 0.418. The summed E-state index contributed by atoms with van der Waals surface area (Å²) < 4.78 is 6.98. The number of hydrogen-bond acceptors (Lipinski definition) is 5. The van der Waals surface area contributed by atoms with Crippen LogP contribution in [-0.4, -0.2) is 63.1 Å². The minimum absolute atomic E-state index is 0.115. The van der Waals surface area contributed by atoms with Gasteiger partial charge < -0.3 is 14.7 Å². The Kier molecular flexibility index (Phi) is 3.84. The second-order valence-electron chi connectivity index (χ2n) is 5.70. The molecule has 1 aliphatic heterocycles. The maximum atomic E-state index is 12.9. The smallest absolute Gasteiger partial charge is 0.254 e. The number of aliphatic hydroxyl groups excluding tert-OH is 1. The Morgan fingerprint density at radius 3 is 3.00 bits per heavy atom. The number of β-amino-alcohol motifs (C(OH)–C–C–N with tert-alkyl or cyclic N) is 1. The van der Waals surface area contributed by atoms with Crippen LogP contribution in [0.1, 0.15) is 21.7 Å². The number of aliphatic hydroxyl groups is 1. The fourth-order valence-electron chi connectivity index (χ4n) is 2.89. The molecule has 1 aliphatic rings. The van der Waals surface area contributed by atoms with Gasteiger partial charge in [0.05, 0.1) is 36.0 Å². The van der Waals surface area contributed by atoms with Crippen molar-refractivity contribution in [2.75, 3.05) is 26.3 Å². The monoisotopic (exact) mass is 304 g/mol. The van der Waals surface area contributed by atoms with Gasteiger partial charge in [0.25, 0.3) is 5.91 Å². The van der Waals surface area contributed by atoms with Crippen LogP contribution in [0.5, 0.6) is 0 Å². The van der Waals surface area contributed by atoms with Gasteiger partial charge in [0.2, 0.25) is 0 Å². The molecule has 1 amide bonds. The second-order valence-corrected chi connectivity index (χ2v) is 5.70. The van der Waals surface area contributed by atoms with Crippen LogP contribution in [0.2, 0.25) is 0 Å². The van der Waals surface area contributed by atoms with Crippen molar-refractivity contribution in [1.29, 1.82) is 0 Å². The van der Waals surface area contributed by atoms with Crippen molar-refractivity contribution in [3.63, 3.8) is 0 Å². The van der Waals surface area contributed by atoms with Crippen LogP contribution in [-0.2, 0) is 11.8 Å². The van der Waals surface area contributed by atoms with Gasteiger partial charge in [0, 0.05) is 25.8 Å². The van der Waals surface area contributed by atoms with Gasteiger partial charge in [-0.05, 0) is 19.9 Å². The number of pyridine rings is 1. The zero-order valence-electron chi connectivity index (χ0n) is 13.0. The molecule has 0 saturated carbocycles. The molecule has 1 fully saturated rings. The summed E-state index contributed by atoms with van der Waals surface area (Å²) in [6, 6.07) is 1.79. The maximum absolute atomic E-state index is 12.9. The van der Waals surface area contributed by atoms with Crippen LogP contribution in [0.3, 0.4) is 0 Å². The average Bonchev–Trinajstić information content (AvgIpc) is 2.65. The van der Waals surface area contributed by atoms with E-state index in [1.807, 2.05) is 20.9 Å². The molecule has 1 atom stereocenters. The van der Waals surface area contributed by atoms with Crippen LogP contribution < -0.4 is 0 Å². The summed E-state index contributed by atoms with van der Waals surface area (Å²) in [4.78, 5) is 19.0. The number of rotatable bonds is 1. The van der Waals surface area contributed by atoms with Crippen molar-refractivity contribution in [2.24, 2.45) is 7.05 Å². The molecule has 2 aromatic heterocycles. The Hall–Kier alpha value is -1.99. The topological polar surface area (TPSA) is 80.5 Å². The Balaban J connectivity index is 2.07. The van der Waals surface area contributed by atoms with Crippen molar-refractivity contribution >= 4 is 16.9 Å². The fraction of sp³-hybridized carbons (Fsp3) is 0.533. The molecule has 0 bridgehead atoms. The molecule has 0 radical (unpaired) electrons. The maximum Gasteiger partial charge on any atom is 0.254 e. The van der Waals surface area contributed by atoms with Gasteiger partial charge in [0.1, 0.15) is 0 Å². The van der Waals surface area contributed by atoms with Crippen LogP contribution in [0.4, 0.5) is 0 Å². The molecule has 7 heteroatoms. The summed E-state index contributed by atoms with van der Waals surface area (Å²) in [6.07, 6.45) is -0.653. The summed E-state index contributed by atoms with van der Waals surface area (Å²) in [5.74, 6) is -0.115. The van der Waals surface area contributed by atoms with E-state index in [-0.39, 0.29) is 19.1 Å². The molecule has 0 aromatic carbocycles. The number of hydrogen-bond donors (Lipinski definition) is 1. The van der Waals surface area contributed by atoms with Gasteiger partial charge in [-0.1, -0.05) is 0 Å².